The molecule has 21 heavy (non-hydrogen) atoms. The van der Waals surface area contributed by atoms with E-state index >= 15 is 0 Å². The smallest absolute Gasteiger partial charge is 0.135 e. The Kier molecular flexibility index (Phi) is 3.91. The molecular weight excluding hydrogens is 262 g/mol. The predicted octanol–water partition coefficient (Wildman–Crippen LogP) is 3.68. The van der Waals surface area contributed by atoms with Crippen molar-refractivity contribution >= 4 is 5.82 Å². The molecule has 2 heterocycles. The lowest BCUT2D eigenvalue weighted by atomic mass is 9.89. The van der Waals surface area contributed by atoms with E-state index in [-0.39, 0.29) is 11.0 Å². The van der Waals surface area contributed by atoms with Crippen LogP contribution in [0.15, 0.2) is 12.3 Å². The number of anilines is 1. The maximum Gasteiger partial charge on any atom is 0.135 e. The van der Waals surface area contributed by atoms with Gasteiger partial charge in [0.25, 0.3) is 0 Å². The Balaban J connectivity index is 1.69. The van der Waals surface area contributed by atoms with Gasteiger partial charge in [-0.15, -0.1) is 0 Å². The van der Waals surface area contributed by atoms with E-state index in [9.17, 15) is 0 Å². The van der Waals surface area contributed by atoms with Crippen molar-refractivity contribution in [3.63, 3.8) is 0 Å². The average Bonchev–Trinajstić information content (AvgIpc) is 2.86. The summed E-state index contributed by atoms with van der Waals surface area (Å²) in [5.41, 5.74) is 0.135. The van der Waals surface area contributed by atoms with Gasteiger partial charge in [0.1, 0.15) is 11.6 Å². The monoisotopic (exact) mass is 289 g/mol. The van der Waals surface area contributed by atoms with Gasteiger partial charge in [-0.3, -0.25) is 0 Å². The van der Waals surface area contributed by atoms with Crippen molar-refractivity contribution in [2.45, 2.75) is 76.4 Å². The Labute approximate surface area is 127 Å². The van der Waals surface area contributed by atoms with Gasteiger partial charge < -0.3 is 10.1 Å². The van der Waals surface area contributed by atoms with Crippen LogP contribution in [0.1, 0.15) is 65.1 Å². The predicted molar refractivity (Wildman–Crippen MR) is 84.5 cm³/mol. The fourth-order valence-corrected chi connectivity index (χ4v) is 3.53. The second-order valence-electron chi connectivity index (χ2n) is 7.59. The van der Waals surface area contributed by atoms with Crippen LogP contribution in [0, 0.1) is 0 Å². The molecular formula is C17H27N3O. The molecule has 0 radical (unpaired) electrons. The first kappa shape index (κ1) is 14.8. The summed E-state index contributed by atoms with van der Waals surface area (Å²) in [5, 5.41) is 3.61. The molecule has 116 valence electrons. The van der Waals surface area contributed by atoms with E-state index in [0.717, 1.165) is 31.1 Å². The lowest BCUT2D eigenvalue weighted by Gasteiger charge is -2.38. The Bertz CT molecular complexity index is 489. The third-order valence-electron chi connectivity index (χ3n) is 4.69. The van der Waals surface area contributed by atoms with Gasteiger partial charge in [0.15, 0.2) is 0 Å². The zero-order chi connectivity index (χ0) is 14.9. The topological polar surface area (TPSA) is 47.0 Å². The minimum absolute atomic E-state index is 0.0138. The SMILES string of the molecule is CC(C)(C)c1nccc(NC2CCOC3(CCCC3)C2)n1. The molecule has 1 atom stereocenters. The highest BCUT2D eigenvalue weighted by Gasteiger charge is 2.39. The number of nitrogens with one attached hydrogen (secondary N) is 1. The number of hydrogen-bond donors (Lipinski definition) is 1. The van der Waals surface area contributed by atoms with E-state index < -0.39 is 0 Å². The van der Waals surface area contributed by atoms with E-state index in [1.165, 1.54) is 25.7 Å². The largest absolute Gasteiger partial charge is 0.375 e. The number of rotatable bonds is 2. The van der Waals surface area contributed by atoms with Crippen LogP contribution in [0.25, 0.3) is 0 Å². The second kappa shape index (κ2) is 5.56. The van der Waals surface area contributed by atoms with Gasteiger partial charge in [0.05, 0.1) is 5.60 Å². The molecule has 0 bridgehead atoms. The van der Waals surface area contributed by atoms with Crippen LogP contribution in [0.5, 0.6) is 0 Å². The van der Waals surface area contributed by atoms with Crippen molar-refractivity contribution < 1.29 is 4.74 Å². The fraction of sp³-hybridized carbons (Fsp3) is 0.765. The maximum absolute atomic E-state index is 6.10. The molecule has 1 aliphatic carbocycles. The van der Waals surface area contributed by atoms with Crippen molar-refractivity contribution in [3.05, 3.63) is 18.1 Å². The van der Waals surface area contributed by atoms with Crippen LogP contribution in [-0.4, -0.2) is 28.2 Å². The molecule has 1 aliphatic heterocycles. The van der Waals surface area contributed by atoms with Gasteiger partial charge in [-0.05, 0) is 31.7 Å². The molecule has 4 nitrogen and oxygen atoms in total. The summed E-state index contributed by atoms with van der Waals surface area (Å²) in [7, 11) is 0. The van der Waals surface area contributed by atoms with Gasteiger partial charge in [0, 0.05) is 24.3 Å². The molecule has 0 aromatic carbocycles. The fourth-order valence-electron chi connectivity index (χ4n) is 3.53. The van der Waals surface area contributed by atoms with Crippen LogP contribution in [0.2, 0.25) is 0 Å². The summed E-state index contributed by atoms with van der Waals surface area (Å²) in [6.07, 6.45) is 9.12. The van der Waals surface area contributed by atoms with E-state index in [1.807, 2.05) is 12.3 Å². The minimum atomic E-state index is -0.0138. The van der Waals surface area contributed by atoms with E-state index in [1.54, 1.807) is 0 Å². The Morgan fingerprint density at radius 2 is 2.05 bits per heavy atom. The van der Waals surface area contributed by atoms with Gasteiger partial charge in [-0.1, -0.05) is 33.6 Å². The molecule has 4 heteroatoms. The third-order valence-corrected chi connectivity index (χ3v) is 4.69. The molecule has 3 rings (SSSR count). The van der Waals surface area contributed by atoms with Gasteiger partial charge in [0.2, 0.25) is 0 Å². The molecule has 2 aliphatic rings. The summed E-state index contributed by atoms with van der Waals surface area (Å²) < 4.78 is 6.10. The second-order valence-corrected chi connectivity index (χ2v) is 7.59. The van der Waals surface area contributed by atoms with Crippen LogP contribution >= 0.6 is 0 Å². The summed E-state index contributed by atoms with van der Waals surface area (Å²) in [6.45, 7) is 7.31. The van der Waals surface area contributed by atoms with Crippen LogP contribution < -0.4 is 5.32 Å². The highest BCUT2D eigenvalue weighted by atomic mass is 16.5. The number of aromatic nitrogens is 2. The summed E-state index contributed by atoms with van der Waals surface area (Å²) in [5.74, 6) is 1.85. The molecule has 1 N–H and O–H groups in total. The highest BCUT2D eigenvalue weighted by Crippen LogP contribution is 2.40. The Hall–Kier alpha value is -1.16. The molecule has 2 fully saturated rings. The van der Waals surface area contributed by atoms with Gasteiger partial charge in [-0.25, -0.2) is 9.97 Å². The van der Waals surface area contributed by atoms with Gasteiger partial charge in [-0.2, -0.15) is 0 Å². The number of ether oxygens (including phenoxy) is 1. The number of hydrogen-bond acceptors (Lipinski definition) is 4. The molecule has 1 aromatic rings. The summed E-state index contributed by atoms with van der Waals surface area (Å²) in [4.78, 5) is 9.09. The highest BCUT2D eigenvalue weighted by molar-refractivity contribution is 5.35. The van der Waals surface area contributed by atoms with Crippen molar-refractivity contribution in [2.24, 2.45) is 0 Å². The molecule has 1 unspecified atom stereocenters. The van der Waals surface area contributed by atoms with Crippen molar-refractivity contribution in [2.75, 3.05) is 11.9 Å². The minimum Gasteiger partial charge on any atom is -0.375 e. The number of nitrogens with zero attached hydrogens (tertiary/aromatic N) is 2. The van der Waals surface area contributed by atoms with E-state index in [4.69, 9.17) is 9.72 Å². The zero-order valence-electron chi connectivity index (χ0n) is 13.5. The summed E-state index contributed by atoms with van der Waals surface area (Å²) in [6, 6.07) is 2.45. The molecule has 1 saturated heterocycles. The lowest BCUT2D eigenvalue weighted by molar-refractivity contribution is -0.0767. The summed E-state index contributed by atoms with van der Waals surface area (Å²) >= 11 is 0. The normalized spacial score (nSPS) is 25.2. The van der Waals surface area contributed by atoms with E-state index in [0.29, 0.717) is 6.04 Å². The molecule has 1 spiro atoms. The van der Waals surface area contributed by atoms with Crippen LogP contribution in [0.3, 0.4) is 0 Å². The first-order chi connectivity index (χ1) is 9.97. The van der Waals surface area contributed by atoms with Crippen molar-refractivity contribution in [1.82, 2.24) is 9.97 Å². The van der Waals surface area contributed by atoms with Crippen molar-refractivity contribution in [1.29, 1.82) is 0 Å². The quantitative estimate of drug-likeness (QED) is 0.902. The standard InChI is InChI=1S/C17H27N3O/c1-16(2,3)15-18-10-6-14(20-15)19-13-7-11-21-17(12-13)8-4-5-9-17/h6,10,13H,4-5,7-9,11-12H2,1-3H3,(H,18,19,20). The molecule has 1 saturated carbocycles. The van der Waals surface area contributed by atoms with Crippen molar-refractivity contribution in [3.8, 4) is 0 Å². The maximum atomic E-state index is 6.10. The van der Waals surface area contributed by atoms with Gasteiger partial charge >= 0.3 is 0 Å². The first-order valence-electron chi connectivity index (χ1n) is 8.21. The van der Waals surface area contributed by atoms with Crippen LogP contribution in [0.4, 0.5) is 5.82 Å². The third kappa shape index (κ3) is 3.37. The zero-order valence-corrected chi connectivity index (χ0v) is 13.5. The van der Waals surface area contributed by atoms with E-state index in [2.05, 4.69) is 31.1 Å². The first-order valence-corrected chi connectivity index (χ1v) is 8.21. The Morgan fingerprint density at radius 3 is 2.76 bits per heavy atom. The molecule has 0 amide bonds. The average molecular weight is 289 g/mol. The molecule has 1 aromatic heterocycles. The van der Waals surface area contributed by atoms with Crippen LogP contribution in [-0.2, 0) is 10.2 Å². The lowest BCUT2D eigenvalue weighted by Crippen LogP contribution is -2.42. The Morgan fingerprint density at radius 1 is 1.29 bits per heavy atom.